The molecule has 0 radical (unpaired) electrons. The predicted octanol–water partition coefficient (Wildman–Crippen LogP) is 6.45. The van der Waals surface area contributed by atoms with Gasteiger partial charge in [-0.3, -0.25) is 9.78 Å². The van der Waals surface area contributed by atoms with Crippen molar-refractivity contribution in [2.75, 3.05) is 13.1 Å². The Morgan fingerprint density at radius 3 is 2.42 bits per heavy atom. The number of nitrogens with one attached hydrogen (secondary N) is 2. The van der Waals surface area contributed by atoms with E-state index in [9.17, 15) is 5.11 Å². The Bertz CT molecular complexity index is 884. The SMILES string of the molecule is C=C.CC[C@H]1CC[C@H]2[C@@H]3[C@H](O)C[C@H]4C[C@H](NCCCCNCc5ccccn5)CC[C@]4(C)[C@H]3CC[C@]12C.O=CO. The van der Waals surface area contributed by atoms with Crippen LogP contribution >= 0.6 is 0 Å². The first-order valence-corrected chi connectivity index (χ1v) is 16.0. The van der Waals surface area contributed by atoms with E-state index in [1.54, 1.807) is 0 Å². The molecule has 1 aromatic rings. The van der Waals surface area contributed by atoms with Gasteiger partial charge in [0.25, 0.3) is 6.47 Å². The Labute approximate surface area is 243 Å². The van der Waals surface area contributed by atoms with Crippen LogP contribution in [0.1, 0.15) is 97.1 Å². The third-order valence-corrected chi connectivity index (χ3v) is 11.6. The summed E-state index contributed by atoms with van der Waals surface area (Å²) in [5.41, 5.74) is 2.06. The maximum absolute atomic E-state index is 11.5. The fourth-order valence-corrected chi connectivity index (χ4v) is 9.59. The minimum atomic E-state index is -0.250. The number of hydrogen-bond acceptors (Lipinski definition) is 5. The van der Waals surface area contributed by atoms with Gasteiger partial charge >= 0.3 is 0 Å². The molecular weight excluding hydrogens is 498 g/mol. The van der Waals surface area contributed by atoms with E-state index in [1.165, 1.54) is 64.2 Å². The summed E-state index contributed by atoms with van der Waals surface area (Å²) >= 11 is 0. The van der Waals surface area contributed by atoms with E-state index in [0.717, 1.165) is 49.5 Å². The Morgan fingerprint density at radius 1 is 1.02 bits per heavy atom. The monoisotopic (exact) mass is 555 g/mol. The lowest BCUT2D eigenvalue weighted by molar-refractivity contribution is -0.165. The van der Waals surface area contributed by atoms with Crippen LogP contribution in [-0.2, 0) is 11.3 Å². The second-order valence-electron chi connectivity index (χ2n) is 13.3. The number of carboxylic acid groups (broad SMARTS) is 1. The first kappa shape index (κ1) is 32.8. The largest absolute Gasteiger partial charge is 0.483 e. The molecule has 5 rings (SSSR count). The summed E-state index contributed by atoms with van der Waals surface area (Å²) in [6.07, 6.45) is 16.1. The molecule has 0 aliphatic heterocycles. The summed E-state index contributed by atoms with van der Waals surface area (Å²) < 4.78 is 0. The van der Waals surface area contributed by atoms with E-state index in [0.29, 0.717) is 28.7 Å². The molecule has 40 heavy (non-hydrogen) atoms. The summed E-state index contributed by atoms with van der Waals surface area (Å²) in [6.45, 7) is 16.4. The molecule has 0 unspecified atom stereocenters. The Hall–Kier alpha value is -1.76. The first-order valence-electron chi connectivity index (χ1n) is 16.0. The van der Waals surface area contributed by atoms with Crippen molar-refractivity contribution < 1.29 is 15.0 Å². The minimum absolute atomic E-state index is 0.0674. The summed E-state index contributed by atoms with van der Waals surface area (Å²) in [7, 11) is 0. The molecule has 9 atom stereocenters. The first-order chi connectivity index (χ1) is 19.4. The van der Waals surface area contributed by atoms with Gasteiger partial charge in [0.2, 0.25) is 0 Å². The second kappa shape index (κ2) is 15.5. The quantitative estimate of drug-likeness (QED) is 0.159. The smallest absolute Gasteiger partial charge is 0.290 e. The van der Waals surface area contributed by atoms with Crippen molar-refractivity contribution in [2.24, 2.45) is 40.4 Å². The molecule has 4 aliphatic carbocycles. The van der Waals surface area contributed by atoms with E-state index in [-0.39, 0.29) is 12.6 Å². The van der Waals surface area contributed by atoms with Crippen molar-refractivity contribution in [2.45, 2.75) is 110 Å². The van der Waals surface area contributed by atoms with Crippen molar-refractivity contribution >= 4 is 6.47 Å². The van der Waals surface area contributed by atoms with Crippen LogP contribution in [0.25, 0.3) is 0 Å². The van der Waals surface area contributed by atoms with Gasteiger partial charge in [-0.1, -0.05) is 33.3 Å². The van der Waals surface area contributed by atoms with Crippen LogP contribution in [0.4, 0.5) is 0 Å². The second-order valence-corrected chi connectivity index (χ2v) is 13.3. The normalized spacial score (nSPS) is 37.9. The summed E-state index contributed by atoms with van der Waals surface area (Å²) in [6, 6.07) is 6.74. The van der Waals surface area contributed by atoms with Gasteiger partial charge in [-0.2, -0.15) is 0 Å². The van der Waals surface area contributed by atoms with Crippen LogP contribution in [0.15, 0.2) is 37.6 Å². The van der Waals surface area contributed by atoms with Gasteiger partial charge in [-0.25, -0.2) is 0 Å². The number of pyridine rings is 1. The van der Waals surface area contributed by atoms with E-state index >= 15 is 0 Å². The molecule has 4 fully saturated rings. The number of fused-ring (bicyclic) bond motifs is 5. The Kier molecular flexibility index (Phi) is 12.7. The van der Waals surface area contributed by atoms with Crippen LogP contribution < -0.4 is 10.6 Å². The fourth-order valence-electron chi connectivity index (χ4n) is 9.59. The average Bonchev–Trinajstić information content (AvgIpc) is 3.31. The molecule has 0 saturated heterocycles. The molecule has 4 saturated carbocycles. The molecule has 1 heterocycles. The van der Waals surface area contributed by atoms with Crippen LogP contribution in [0.2, 0.25) is 0 Å². The summed E-state index contributed by atoms with van der Waals surface area (Å²) in [4.78, 5) is 12.7. The zero-order valence-electron chi connectivity index (χ0n) is 25.5. The topological polar surface area (TPSA) is 94.5 Å². The highest BCUT2D eigenvalue weighted by Gasteiger charge is 2.62. The van der Waals surface area contributed by atoms with E-state index in [1.807, 2.05) is 12.3 Å². The Morgan fingerprint density at radius 2 is 1.73 bits per heavy atom. The van der Waals surface area contributed by atoms with Gasteiger partial charge in [-0.05, 0) is 130 Å². The number of aromatic nitrogens is 1. The highest BCUT2D eigenvalue weighted by atomic mass is 16.3. The van der Waals surface area contributed by atoms with Crippen molar-refractivity contribution in [3.05, 3.63) is 43.2 Å². The average molecular weight is 556 g/mol. The molecule has 4 N–H and O–H groups in total. The van der Waals surface area contributed by atoms with Crippen LogP contribution in [0.5, 0.6) is 0 Å². The fraction of sp³-hybridized carbons (Fsp3) is 0.765. The molecule has 0 bridgehead atoms. The number of unbranched alkanes of at least 4 members (excludes halogenated alkanes) is 1. The van der Waals surface area contributed by atoms with Crippen LogP contribution in [-0.4, -0.2) is 46.9 Å². The van der Waals surface area contributed by atoms with E-state index in [4.69, 9.17) is 9.90 Å². The lowest BCUT2D eigenvalue weighted by Gasteiger charge is -2.62. The van der Waals surface area contributed by atoms with Crippen molar-refractivity contribution in [3.63, 3.8) is 0 Å². The standard InChI is InChI=1S/C31H51N3O.C2H4.CH2O2/c1-4-22-10-11-26-29-27(13-15-30(22,26)2)31(3)14-12-24(19-23(31)20-28(29)35)33-18-8-7-16-32-21-25-9-5-6-17-34-25;1-2;2-1-3/h5-6,9,17,22-24,26-29,32-33,35H,4,7-8,10-16,18-21H2,1-3H3;1-2H2;1H,(H,2,3)/t22-,23+,24+,26-,27-,28+,29-,30+,31-;;/m0../s1. The predicted molar refractivity (Wildman–Crippen MR) is 164 cm³/mol. The third kappa shape index (κ3) is 7.17. The molecular formula is C34H57N3O3. The molecule has 1 aromatic heterocycles. The van der Waals surface area contributed by atoms with Gasteiger partial charge in [0.05, 0.1) is 11.8 Å². The summed E-state index contributed by atoms with van der Waals surface area (Å²) in [5.74, 6) is 3.65. The maximum Gasteiger partial charge on any atom is 0.290 e. The number of aliphatic hydroxyl groups excluding tert-OH is 1. The lowest BCUT2D eigenvalue weighted by atomic mass is 9.44. The Balaban J connectivity index is 0.000000827. The summed E-state index contributed by atoms with van der Waals surface area (Å²) in [5, 5.41) is 25.8. The van der Waals surface area contributed by atoms with Crippen molar-refractivity contribution in [1.29, 1.82) is 0 Å². The third-order valence-electron chi connectivity index (χ3n) is 11.6. The molecule has 6 nitrogen and oxygen atoms in total. The van der Waals surface area contributed by atoms with Gasteiger partial charge in [0.15, 0.2) is 0 Å². The highest BCUT2D eigenvalue weighted by Crippen LogP contribution is 2.67. The zero-order chi connectivity index (χ0) is 29.2. The minimum Gasteiger partial charge on any atom is -0.483 e. The number of carbonyl (C=O) groups is 1. The molecule has 0 aromatic carbocycles. The van der Waals surface area contributed by atoms with Gasteiger partial charge in [-0.15, -0.1) is 13.2 Å². The molecule has 0 spiro atoms. The van der Waals surface area contributed by atoms with E-state index in [2.05, 4.69) is 61.7 Å². The van der Waals surface area contributed by atoms with Crippen LogP contribution in [0.3, 0.4) is 0 Å². The van der Waals surface area contributed by atoms with Gasteiger partial charge in [0.1, 0.15) is 0 Å². The lowest BCUT2D eigenvalue weighted by Crippen LogP contribution is -2.59. The van der Waals surface area contributed by atoms with Gasteiger partial charge in [0, 0.05) is 18.8 Å². The molecule has 226 valence electrons. The molecule has 6 heteroatoms. The zero-order valence-corrected chi connectivity index (χ0v) is 25.5. The van der Waals surface area contributed by atoms with Gasteiger partial charge < -0.3 is 20.8 Å². The number of aliphatic hydroxyl groups is 1. The number of hydrogen-bond donors (Lipinski definition) is 4. The van der Waals surface area contributed by atoms with Crippen molar-refractivity contribution in [1.82, 2.24) is 15.6 Å². The number of nitrogens with zero attached hydrogens (tertiary/aromatic N) is 1. The van der Waals surface area contributed by atoms with Crippen LogP contribution in [0, 0.1) is 40.4 Å². The number of rotatable bonds is 9. The molecule has 4 aliphatic rings. The maximum atomic E-state index is 11.5. The van der Waals surface area contributed by atoms with Crippen molar-refractivity contribution in [3.8, 4) is 0 Å². The highest BCUT2D eigenvalue weighted by molar-refractivity contribution is 5.32. The van der Waals surface area contributed by atoms with E-state index < -0.39 is 0 Å². The molecule has 0 amide bonds.